The minimum absolute atomic E-state index is 0.0449. The number of hydrogen-bond acceptors (Lipinski definition) is 3. The maximum Gasteiger partial charge on any atom is 0.236 e. The van der Waals surface area contributed by atoms with E-state index in [2.05, 4.69) is 51.9 Å². The van der Waals surface area contributed by atoms with E-state index in [1.54, 1.807) is 11.8 Å². The van der Waals surface area contributed by atoms with Crippen molar-refractivity contribution >= 4 is 17.7 Å². The molecule has 5 heteroatoms. The number of hydrogen-bond donors (Lipinski definition) is 0. The molecule has 1 aromatic heterocycles. The highest BCUT2D eigenvalue weighted by Crippen LogP contribution is 2.38. The first-order valence-corrected chi connectivity index (χ1v) is 9.56. The summed E-state index contributed by atoms with van der Waals surface area (Å²) in [5.41, 5.74) is 3.54. The number of carbonyl (C=O) groups is 1. The molecule has 1 fully saturated rings. The Morgan fingerprint density at radius 2 is 2.17 bits per heavy atom. The second-order valence-corrected chi connectivity index (χ2v) is 8.10. The predicted octanol–water partition coefficient (Wildman–Crippen LogP) is 3.21. The van der Waals surface area contributed by atoms with Gasteiger partial charge in [-0.15, -0.1) is 11.8 Å². The van der Waals surface area contributed by atoms with Crippen molar-refractivity contribution in [2.24, 2.45) is 0 Å². The van der Waals surface area contributed by atoms with Gasteiger partial charge >= 0.3 is 0 Å². The van der Waals surface area contributed by atoms with Crippen molar-refractivity contribution < 1.29 is 4.79 Å². The molecule has 2 aliphatic heterocycles. The zero-order valence-electron chi connectivity index (χ0n) is 14.2. The van der Waals surface area contributed by atoms with Crippen molar-refractivity contribution in [1.82, 2.24) is 14.7 Å². The van der Waals surface area contributed by atoms with Gasteiger partial charge in [0.15, 0.2) is 0 Å². The van der Waals surface area contributed by atoms with Gasteiger partial charge in [-0.2, -0.15) is 5.10 Å². The highest BCUT2D eigenvalue weighted by molar-refractivity contribution is 8.01. The number of rotatable bonds is 3. The van der Waals surface area contributed by atoms with Gasteiger partial charge in [0.1, 0.15) is 0 Å². The van der Waals surface area contributed by atoms with Crippen LogP contribution in [-0.4, -0.2) is 38.4 Å². The van der Waals surface area contributed by atoms with E-state index in [1.807, 2.05) is 6.92 Å². The minimum atomic E-state index is 0.0449. The van der Waals surface area contributed by atoms with E-state index in [9.17, 15) is 4.79 Å². The van der Waals surface area contributed by atoms with Gasteiger partial charge in [-0.3, -0.25) is 9.48 Å². The quantitative estimate of drug-likeness (QED) is 0.860. The van der Waals surface area contributed by atoms with Crippen LogP contribution in [0.4, 0.5) is 0 Å². The normalized spacial score (nSPS) is 22.8. The summed E-state index contributed by atoms with van der Waals surface area (Å²) in [4.78, 5) is 16.5. The van der Waals surface area contributed by atoms with Crippen LogP contribution in [0.5, 0.6) is 0 Å². The van der Waals surface area contributed by atoms with Crippen LogP contribution in [0, 0.1) is 13.8 Å². The molecule has 1 saturated heterocycles. The van der Waals surface area contributed by atoms with Crippen molar-refractivity contribution in [3.05, 3.63) is 47.3 Å². The number of nitrogens with zero attached hydrogens (tertiary/aromatic N) is 3. The molecule has 24 heavy (non-hydrogen) atoms. The molecule has 0 radical (unpaired) electrons. The molecule has 2 atom stereocenters. The Bertz CT molecular complexity index is 745. The number of aromatic nitrogens is 2. The van der Waals surface area contributed by atoms with Crippen LogP contribution in [0.1, 0.15) is 29.8 Å². The lowest BCUT2D eigenvalue weighted by molar-refractivity contribution is -0.131. The van der Waals surface area contributed by atoms with Gasteiger partial charge in [0.2, 0.25) is 5.91 Å². The third-order valence-corrected chi connectivity index (χ3v) is 6.37. The molecule has 2 aliphatic rings. The summed E-state index contributed by atoms with van der Waals surface area (Å²) in [6, 6.07) is 10.8. The van der Waals surface area contributed by atoms with Gasteiger partial charge in [0.25, 0.3) is 0 Å². The van der Waals surface area contributed by atoms with Crippen molar-refractivity contribution in [3.63, 3.8) is 0 Å². The van der Waals surface area contributed by atoms with Crippen LogP contribution >= 0.6 is 11.8 Å². The van der Waals surface area contributed by atoms with Crippen LogP contribution in [0.3, 0.4) is 0 Å². The minimum Gasteiger partial charge on any atom is -0.337 e. The molecular weight excluding hydrogens is 318 g/mol. The Labute approximate surface area is 147 Å². The van der Waals surface area contributed by atoms with Crippen LogP contribution in [0.15, 0.2) is 35.2 Å². The van der Waals surface area contributed by atoms with E-state index in [1.165, 1.54) is 16.2 Å². The smallest absolute Gasteiger partial charge is 0.236 e. The largest absolute Gasteiger partial charge is 0.337 e. The topological polar surface area (TPSA) is 38.1 Å². The molecule has 4 rings (SSSR count). The number of benzene rings is 1. The molecule has 0 aliphatic carbocycles. The molecule has 0 saturated carbocycles. The van der Waals surface area contributed by atoms with Crippen LogP contribution in [-0.2, 0) is 17.8 Å². The molecule has 0 N–H and O–H groups in total. The van der Waals surface area contributed by atoms with Gasteiger partial charge in [-0.1, -0.05) is 18.2 Å². The van der Waals surface area contributed by atoms with Crippen molar-refractivity contribution in [2.75, 3.05) is 6.54 Å². The van der Waals surface area contributed by atoms with E-state index < -0.39 is 0 Å². The van der Waals surface area contributed by atoms with Gasteiger partial charge in [-0.05, 0) is 50.8 Å². The Kier molecular flexibility index (Phi) is 4.12. The summed E-state index contributed by atoms with van der Waals surface area (Å²) in [6.45, 7) is 5.81. The molecule has 0 unspecified atom stereocenters. The first kappa shape index (κ1) is 15.8. The molecule has 4 nitrogen and oxygen atoms in total. The zero-order chi connectivity index (χ0) is 16.7. The molecule has 1 aromatic carbocycles. The summed E-state index contributed by atoms with van der Waals surface area (Å²) >= 11 is 1.73. The maximum absolute atomic E-state index is 13.1. The third kappa shape index (κ3) is 2.86. The average molecular weight is 341 g/mol. The van der Waals surface area contributed by atoms with E-state index in [-0.39, 0.29) is 11.3 Å². The standard InChI is InChI=1S/C19H23N3OS/c1-13-10-14(2)22(20-13)12-16-7-5-9-21(16)19(23)18-11-15-6-3-4-8-17(15)24-18/h3-4,6,8,10,16,18H,5,7,9,11-12H2,1-2H3/t16-,18-/m1/s1. The second-order valence-electron chi connectivity index (χ2n) is 6.86. The van der Waals surface area contributed by atoms with E-state index >= 15 is 0 Å². The molecule has 1 amide bonds. The third-order valence-electron chi connectivity index (χ3n) is 5.07. The Morgan fingerprint density at radius 3 is 2.92 bits per heavy atom. The van der Waals surface area contributed by atoms with Crippen molar-refractivity contribution in [2.45, 2.75) is 55.8 Å². The highest BCUT2D eigenvalue weighted by atomic mass is 32.2. The number of likely N-dealkylation sites (tertiary alicyclic amines) is 1. The Balaban J connectivity index is 1.47. The van der Waals surface area contributed by atoms with Crippen LogP contribution in [0.2, 0.25) is 0 Å². The monoisotopic (exact) mass is 341 g/mol. The molecule has 3 heterocycles. The molecular formula is C19H23N3OS. The van der Waals surface area contributed by atoms with Gasteiger partial charge in [0, 0.05) is 17.1 Å². The second kappa shape index (κ2) is 6.28. The SMILES string of the molecule is Cc1cc(C)n(C[C@H]2CCCN2C(=O)[C@H]2Cc3ccccc3S2)n1. The molecule has 126 valence electrons. The fourth-order valence-corrected chi connectivity index (χ4v) is 5.15. The number of thioether (sulfide) groups is 1. The van der Waals surface area contributed by atoms with E-state index in [4.69, 9.17) is 0 Å². The summed E-state index contributed by atoms with van der Waals surface area (Å²) in [5.74, 6) is 0.306. The lowest BCUT2D eigenvalue weighted by Crippen LogP contribution is -2.43. The van der Waals surface area contributed by atoms with Gasteiger partial charge in [0.05, 0.1) is 23.5 Å². The van der Waals surface area contributed by atoms with Crippen molar-refractivity contribution in [1.29, 1.82) is 0 Å². The molecule has 0 spiro atoms. The predicted molar refractivity (Wildman–Crippen MR) is 96.2 cm³/mol. The summed E-state index contributed by atoms with van der Waals surface area (Å²) in [7, 11) is 0. The highest BCUT2D eigenvalue weighted by Gasteiger charge is 2.36. The van der Waals surface area contributed by atoms with Crippen molar-refractivity contribution in [3.8, 4) is 0 Å². The first-order chi connectivity index (χ1) is 11.6. The Hall–Kier alpha value is -1.75. The molecule has 2 aromatic rings. The first-order valence-electron chi connectivity index (χ1n) is 8.68. The lowest BCUT2D eigenvalue weighted by atomic mass is 10.1. The fraction of sp³-hybridized carbons (Fsp3) is 0.474. The van der Waals surface area contributed by atoms with Gasteiger partial charge < -0.3 is 4.90 Å². The number of carbonyl (C=O) groups excluding carboxylic acids is 1. The number of aryl methyl sites for hydroxylation is 2. The van der Waals surface area contributed by atoms with Crippen LogP contribution in [0.25, 0.3) is 0 Å². The fourth-order valence-electron chi connectivity index (χ4n) is 3.88. The summed E-state index contributed by atoms with van der Waals surface area (Å²) in [5, 5.41) is 4.62. The van der Waals surface area contributed by atoms with E-state index in [0.717, 1.165) is 38.0 Å². The van der Waals surface area contributed by atoms with Crippen LogP contribution < -0.4 is 0 Å². The number of amides is 1. The maximum atomic E-state index is 13.1. The number of fused-ring (bicyclic) bond motifs is 1. The van der Waals surface area contributed by atoms with Gasteiger partial charge in [-0.25, -0.2) is 0 Å². The molecule has 0 bridgehead atoms. The Morgan fingerprint density at radius 1 is 1.33 bits per heavy atom. The van der Waals surface area contributed by atoms with E-state index in [0.29, 0.717) is 5.91 Å². The summed E-state index contributed by atoms with van der Waals surface area (Å²) in [6.07, 6.45) is 3.04. The zero-order valence-corrected chi connectivity index (χ0v) is 15.1. The summed E-state index contributed by atoms with van der Waals surface area (Å²) < 4.78 is 2.06. The average Bonchev–Trinajstić information content (AvgIpc) is 3.26. The lowest BCUT2D eigenvalue weighted by Gasteiger charge is -2.27.